The molecule has 1 atom stereocenters. The molecular formula is C29H31Cl2F3N4O4. The van der Waals surface area contributed by atoms with Gasteiger partial charge in [0.05, 0.1) is 33.8 Å². The minimum Gasteiger partial charge on any atom is -0.463 e. The highest BCUT2D eigenvalue weighted by atomic mass is 35.5. The molecule has 0 aliphatic carbocycles. The number of carbonyl (C=O) groups is 3. The van der Waals surface area contributed by atoms with E-state index in [9.17, 15) is 27.6 Å². The van der Waals surface area contributed by atoms with Crippen LogP contribution in [-0.4, -0.2) is 78.5 Å². The highest BCUT2D eigenvalue weighted by Gasteiger charge is 2.39. The summed E-state index contributed by atoms with van der Waals surface area (Å²) in [6, 6.07) is 7.85. The molecule has 42 heavy (non-hydrogen) atoms. The summed E-state index contributed by atoms with van der Waals surface area (Å²) >= 11 is 12.8. The molecule has 13 heteroatoms. The van der Waals surface area contributed by atoms with E-state index in [1.165, 1.54) is 17.0 Å². The average molecular weight is 627 g/mol. The number of ether oxygens (including phenoxy) is 1. The van der Waals surface area contributed by atoms with E-state index in [1.54, 1.807) is 36.9 Å². The summed E-state index contributed by atoms with van der Waals surface area (Å²) < 4.78 is 44.2. The van der Waals surface area contributed by atoms with Crippen molar-refractivity contribution in [2.45, 2.75) is 32.5 Å². The molecule has 0 spiro atoms. The van der Waals surface area contributed by atoms with Crippen molar-refractivity contribution in [2.24, 2.45) is 0 Å². The van der Waals surface area contributed by atoms with Crippen LogP contribution in [0.25, 0.3) is 0 Å². The summed E-state index contributed by atoms with van der Waals surface area (Å²) in [5.74, 6) is -0.958. The van der Waals surface area contributed by atoms with Crippen LogP contribution in [-0.2, 0) is 15.7 Å². The number of esters is 1. The molecule has 4 rings (SSSR count). The van der Waals surface area contributed by atoms with Crippen LogP contribution in [0.4, 0.5) is 18.0 Å². The lowest BCUT2D eigenvalue weighted by atomic mass is 9.94. The summed E-state index contributed by atoms with van der Waals surface area (Å²) in [6.45, 7) is 5.78. The lowest BCUT2D eigenvalue weighted by Gasteiger charge is -2.38. The van der Waals surface area contributed by atoms with Crippen LogP contribution in [0.15, 0.2) is 53.7 Å². The number of urea groups is 1. The number of nitrogens with zero attached hydrogens (tertiary/aromatic N) is 3. The van der Waals surface area contributed by atoms with Gasteiger partial charge in [-0.3, -0.25) is 14.6 Å². The average Bonchev–Trinajstić information content (AvgIpc) is 3.19. The molecule has 0 bridgehead atoms. The van der Waals surface area contributed by atoms with Gasteiger partial charge in [-0.05, 0) is 56.2 Å². The van der Waals surface area contributed by atoms with Gasteiger partial charge in [-0.25, -0.2) is 9.59 Å². The van der Waals surface area contributed by atoms with E-state index in [4.69, 9.17) is 27.9 Å². The Bertz CT molecular complexity index is 1370. The van der Waals surface area contributed by atoms with Crippen LogP contribution in [0.2, 0.25) is 10.0 Å². The molecule has 2 heterocycles. The minimum absolute atomic E-state index is 0.121. The Hall–Kier alpha value is -3.28. The Morgan fingerprint density at radius 2 is 1.74 bits per heavy atom. The number of likely N-dealkylation sites (N-methyl/N-ethyl adjacent to an activating group) is 1. The lowest BCUT2D eigenvalue weighted by Crippen LogP contribution is -2.51. The Labute approximate surface area is 252 Å². The first-order valence-corrected chi connectivity index (χ1v) is 14.3. The summed E-state index contributed by atoms with van der Waals surface area (Å²) in [6.07, 6.45) is -3.91. The van der Waals surface area contributed by atoms with Crippen LogP contribution in [0.1, 0.15) is 47.8 Å². The fourth-order valence-corrected chi connectivity index (χ4v) is 5.58. The van der Waals surface area contributed by atoms with Crippen LogP contribution < -0.4 is 5.32 Å². The van der Waals surface area contributed by atoms with Gasteiger partial charge in [-0.2, -0.15) is 13.2 Å². The number of carbonyl (C=O) groups excluding carboxylic acids is 3. The molecule has 0 unspecified atom stereocenters. The third-order valence-electron chi connectivity index (χ3n) is 7.25. The van der Waals surface area contributed by atoms with Gasteiger partial charge in [-0.1, -0.05) is 35.3 Å². The highest BCUT2D eigenvalue weighted by Crippen LogP contribution is 2.38. The van der Waals surface area contributed by atoms with Gasteiger partial charge >= 0.3 is 18.2 Å². The summed E-state index contributed by atoms with van der Waals surface area (Å²) in [5, 5.41) is 3.35. The van der Waals surface area contributed by atoms with E-state index in [2.05, 4.69) is 5.32 Å². The molecule has 2 aliphatic rings. The zero-order chi connectivity index (χ0) is 30.6. The lowest BCUT2D eigenvalue weighted by molar-refractivity contribution is -0.139. The summed E-state index contributed by atoms with van der Waals surface area (Å²) in [5.41, 5.74) is 0.512. The largest absolute Gasteiger partial charge is 0.463 e. The van der Waals surface area contributed by atoms with E-state index in [0.717, 1.165) is 12.1 Å². The van der Waals surface area contributed by atoms with Crippen LogP contribution in [0.5, 0.6) is 0 Å². The molecule has 2 aromatic rings. The Kier molecular flexibility index (Phi) is 10.1. The van der Waals surface area contributed by atoms with E-state index in [1.807, 2.05) is 4.90 Å². The molecule has 226 valence electrons. The van der Waals surface area contributed by atoms with Gasteiger partial charge in [0, 0.05) is 50.5 Å². The number of amides is 3. The molecule has 3 amide bonds. The topological polar surface area (TPSA) is 82.2 Å². The van der Waals surface area contributed by atoms with Gasteiger partial charge in [0.2, 0.25) is 0 Å². The van der Waals surface area contributed by atoms with Crippen molar-refractivity contribution >= 4 is 41.1 Å². The van der Waals surface area contributed by atoms with E-state index in [-0.39, 0.29) is 46.8 Å². The smallest absolute Gasteiger partial charge is 0.416 e. The van der Waals surface area contributed by atoms with Crippen LogP contribution in [0, 0.1) is 0 Å². The second-order valence-electron chi connectivity index (χ2n) is 9.85. The number of halogens is 5. The number of nitrogens with one attached hydrogen (secondary N) is 1. The molecule has 0 aromatic heterocycles. The summed E-state index contributed by atoms with van der Waals surface area (Å²) in [7, 11) is 0. The molecule has 1 fully saturated rings. The molecule has 0 saturated carbocycles. The standard InChI is InChI=1S/C29H31Cl2F3N4O4/c1-3-38-22(23(27(40)42-4-2)25(35-28(38)41)20-7-5-8-21(30)24(20)31)17-36-13-6-14-37(16-15-36)26(39)18-9-11-19(12-10-18)29(32,33)34/h5,7-12,25H,3-4,6,13-17H2,1-2H3,(H,35,41)/t25-/m0/s1. The molecule has 1 saturated heterocycles. The van der Waals surface area contributed by atoms with Gasteiger partial charge in [0.25, 0.3) is 5.91 Å². The fourth-order valence-electron chi connectivity index (χ4n) is 5.16. The first kappa shape index (κ1) is 31.7. The molecule has 0 radical (unpaired) electrons. The molecular weight excluding hydrogens is 596 g/mol. The van der Waals surface area contributed by atoms with Gasteiger partial charge in [0.1, 0.15) is 0 Å². The normalized spacial score (nSPS) is 18.5. The number of hydrogen-bond donors (Lipinski definition) is 1. The molecule has 1 N–H and O–H groups in total. The molecule has 8 nitrogen and oxygen atoms in total. The van der Waals surface area contributed by atoms with Crippen LogP contribution in [0.3, 0.4) is 0 Å². The van der Waals surface area contributed by atoms with Crippen molar-refractivity contribution in [3.05, 3.63) is 80.5 Å². The van der Waals surface area contributed by atoms with Crippen molar-refractivity contribution in [2.75, 3.05) is 45.9 Å². The third kappa shape index (κ3) is 6.85. The van der Waals surface area contributed by atoms with Gasteiger partial charge in [-0.15, -0.1) is 0 Å². The predicted octanol–water partition coefficient (Wildman–Crippen LogP) is 5.76. The third-order valence-corrected chi connectivity index (χ3v) is 8.08. The highest BCUT2D eigenvalue weighted by molar-refractivity contribution is 6.42. The van der Waals surface area contributed by atoms with Crippen molar-refractivity contribution in [1.82, 2.24) is 20.0 Å². The predicted molar refractivity (Wildman–Crippen MR) is 152 cm³/mol. The van der Waals surface area contributed by atoms with Crippen molar-refractivity contribution in [1.29, 1.82) is 0 Å². The Morgan fingerprint density at radius 3 is 2.38 bits per heavy atom. The first-order valence-electron chi connectivity index (χ1n) is 13.6. The van der Waals surface area contributed by atoms with Gasteiger partial charge < -0.3 is 15.0 Å². The summed E-state index contributed by atoms with van der Waals surface area (Å²) in [4.78, 5) is 44.8. The quantitative estimate of drug-likeness (QED) is 0.395. The maximum atomic E-state index is 13.4. The monoisotopic (exact) mass is 626 g/mol. The second kappa shape index (κ2) is 13.4. The first-order chi connectivity index (χ1) is 20.0. The SMILES string of the molecule is CCOC(=O)C1=C(CN2CCCN(C(=O)c3ccc(C(F)(F)F)cc3)CC2)N(CC)C(=O)N[C@H]1c1cccc(Cl)c1Cl. The number of hydrogen-bond acceptors (Lipinski definition) is 5. The van der Waals surface area contributed by atoms with Crippen molar-refractivity contribution < 1.29 is 32.3 Å². The minimum atomic E-state index is -4.48. The van der Waals surface area contributed by atoms with Crippen LogP contribution >= 0.6 is 23.2 Å². The number of benzene rings is 2. The molecule has 2 aliphatic heterocycles. The Morgan fingerprint density at radius 1 is 1.02 bits per heavy atom. The van der Waals surface area contributed by atoms with E-state index < -0.39 is 29.8 Å². The Balaban J connectivity index is 1.60. The van der Waals surface area contributed by atoms with E-state index in [0.29, 0.717) is 43.9 Å². The zero-order valence-corrected chi connectivity index (χ0v) is 24.7. The second-order valence-corrected chi connectivity index (χ2v) is 10.6. The van der Waals surface area contributed by atoms with Gasteiger partial charge in [0.15, 0.2) is 0 Å². The van der Waals surface area contributed by atoms with E-state index >= 15 is 0 Å². The molecule has 2 aromatic carbocycles. The number of alkyl halides is 3. The maximum Gasteiger partial charge on any atom is 0.416 e. The maximum absolute atomic E-state index is 13.4. The fraction of sp³-hybridized carbons (Fsp3) is 0.414. The zero-order valence-electron chi connectivity index (χ0n) is 23.1. The van der Waals surface area contributed by atoms with Crippen molar-refractivity contribution in [3.8, 4) is 0 Å². The van der Waals surface area contributed by atoms with Crippen molar-refractivity contribution in [3.63, 3.8) is 0 Å². The number of rotatable bonds is 7.